The number of rotatable bonds is 1. The second-order valence-electron chi connectivity index (χ2n) is 3.65. The van der Waals surface area contributed by atoms with Crippen molar-refractivity contribution >= 4 is 17.3 Å². The summed E-state index contributed by atoms with van der Waals surface area (Å²) in [5, 5.41) is 7.18. The molecule has 0 saturated heterocycles. The molecule has 0 bridgehead atoms. The van der Waals surface area contributed by atoms with Gasteiger partial charge in [0.2, 0.25) is 0 Å². The first-order valence-electron chi connectivity index (χ1n) is 4.27. The van der Waals surface area contributed by atoms with E-state index in [0.717, 1.165) is 11.0 Å². The molecule has 3 heteroatoms. The van der Waals surface area contributed by atoms with Crippen molar-refractivity contribution in [3.63, 3.8) is 0 Å². The summed E-state index contributed by atoms with van der Waals surface area (Å²) in [5.41, 5.74) is 0.431. The molecular weight excluding hydrogens is 156 g/mol. The van der Waals surface area contributed by atoms with Crippen LogP contribution in [-0.4, -0.2) is 17.7 Å². The van der Waals surface area contributed by atoms with E-state index < -0.39 is 0 Å². The fraction of sp³-hybridized carbons (Fsp3) is 0.875. The average molecular weight is 170 g/mol. The maximum atomic E-state index is 5.07. The molecule has 2 aliphatic carbocycles. The van der Waals surface area contributed by atoms with Gasteiger partial charge in [0.15, 0.2) is 5.11 Å². The van der Waals surface area contributed by atoms with Crippen molar-refractivity contribution in [2.75, 3.05) is 7.05 Å². The van der Waals surface area contributed by atoms with Gasteiger partial charge < -0.3 is 10.6 Å². The predicted molar refractivity (Wildman–Crippen MR) is 49.5 cm³/mol. The summed E-state index contributed by atoms with van der Waals surface area (Å²) in [6.07, 6.45) is 5.44. The highest BCUT2D eigenvalue weighted by Gasteiger charge is 2.57. The van der Waals surface area contributed by atoms with Gasteiger partial charge in [-0.2, -0.15) is 0 Å². The van der Waals surface area contributed by atoms with Gasteiger partial charge in [-0.3, -0.25) is 0 Å². The standard InChI is InChI=1S/C8H14N2S/c1-9-7(11)10-8-4-2-3-6(8)5-8/h6H,2-5H2,1H3,(H2,9,10,11). The van der Waals surface area contributed by atoms with Crippen molar-refractivity contribution in [3.05, 3.63) is 0 Å². The lowest BCUT2D eigenvalue weighted by Gasteiger charge is -2.15. The van der Waals surface area contributed by atoms with E-state index in [0.29, 0.717) is 5.54 Å². The largest absolute Gasteiger partial charge is 0.366 e. The minimum atomic E-state index is 0.431. The zero-order chi connectivity index (χ0) is 7.90. The lowest BCUT2D eigenvalue weighted by Crippen LogP contribution is -2.41. The second-order valence-corrected chi connectivity index (χ2v) is 4.06. The van der Waals surface area contributed by atoms with Gasteiger partial charge in [0.1, 0.15) is 0 Å². The molecule has 0 spiro atoms. The zero-order valence-corrected chi connectivity index (χ0v) is 7.63. The van der Waals surface area contributed by atoms with E-state index >= 15 is 0 Å². The number of hydrogen-bond acceptors (Lipinski definition) is 1. The van der Waals surface area contributed by atoms with Crippen LogP contribution in [0, 0.1) is 5.92 Å². The molecule has 2 N–H and O–H groups in total. The quantitative estimate of drug-likeness (QED) is 0.575. The van der Waals surface area contributed by atoms with Crippen LogP contribution in [-0.2, 0) is 0 Å². The summed E-state index contributed by atoms with van der Waals surface area (Å²) in [4.78, 5) is 0. The maximum absolute atomic E-state index is 5.07. The molecule has 62 valence electrons. The van der Waals surface area contributed by atoms with Gasteiger partial charge >= 0.3 is 0 Å². The van der Waals surface area contributed by atoms with Gasteiger partial charge in [0.25, 0.3) is 0 Å². The third-order valence-electron chi connectivity index (χ3n) is 3.00. The van der Waals surface area contributed by atoms with E-state index in [9.17, 15) is 0 Å². The lowest BCUT2D eigenvalue weighted by atomic mass is 10.2. The van der Waals surface area contributed by atoms with Crippen molar-refractivity contribution in [1.29, 1.82) is 0 Å². The Labute approximate surface area is 72.7 Å². The molecule has 0 amide bonds. The Hall–Kier alpha value is -0.310. The van der Waals surface area contributed by atoms with Crippen LogP contribution in [0.1, 0.15) is 25.7 Å². The Morgan fingerprint density at radius 2 is 2.45 bits per heavy atom. The maximum Gasteiger partial charge on any atom is 0.166 e. The van der Waals surface area contributed by atoms with Gasteiger partial charge in [-0.15, -0.1) is 0 Å². The molecule has 2 aliphatic rings. The van der Waals surface area contributed by atoms with Crippen LogP contribution < -0.4 is 10.6 Å². The molecule has 2 unspecified atom stereocenters. The van der Waals surface area contributed by atoms with Gasteiger partial charge in [0, 0.05) is 12.6 Å². The number of nitrogens with one attached hydrogen (secondary N) is 2. The lowest BCUT2D eigenvalue weighted by molar-refractivity contribution is 0.573. The van der Waals surface area contributed by atoms with Gasteiger partial charge in [-0.25, -0.2) is 0 Å². The molecule has 2 rings (SSSR count). The zero-order valence-electron chi connectivity index (χ0n) is 6.81. The predicted octanol–water partition coefficient (Wildman–Crippen LogP) is 1.02. The Balaban J connectivity index is 1.91. The Morgan fingerprint density at radius 1 is 1.64 bits per heavy atom. The normalized spacial score (nSPS) is 39.5. The highest BCUT2D eigenvalue weighted by Crippen LogP contribution is 2.55. The van der Waals surface area contributed by atoms with Gasteiger partial charge in [-0.05, 0) is 37.4 Å². The van der Waals surface area contributed by atoms with Crippen LogP contribution in [0.3, 0.4) is 0 Å². The van der Waals surface area contributed by atoms with Crippen LogP contribution in [0.2, 0.25) is 0 Å². The molecule has 11 heavy (non-hydrogen) atoms. The monoisotopic (exact) mass is 170 g/mol. The molecule has 0 aromatic heterocycles. The highest BCUT2D eigenvalue weighted by atomic mass is 32.1. The van der Waals surface area contributed by atoms with Crippen molar-refractivity contribution in [2.45, 2.75) is 31.2 Å². The highest BCUT2D eigenvalue weighted by molar-refractivity contribution is 7.80. The van der Waals surface area contributed by atoms with Crippen molar-refractivity contribution in [2.24, 2.45) is 5.92 Å². The summed E-state index contributed by atoms with van der Waals surface area (Å²) in [5.74, 6) is 0.925. The first-order valence-corrected chi connectivity index (χ1v) is 4.67. The average Bonchev–Trinajstić information content (AvgIpc) is 2.53. The Kier molecular flexibility index (Phi) is 1.56. The Bertz CT molecular complexity index is 193. The molecule has 2 saturated carbocycles. The fourth-order valence-corrected chi connectivity index (χ4v) is 2.44. The van der Waals surface area contributed by atoms with Crippen LogP contribution in [0.15, 0.2) is 0 Å². The van der Waals surface area contributed by atoms with Crippen molar-refractivity contribution in [3.8, 4) is 0 Å². The fourth-order valence-electron chi connectivity index (χ4n) is 2.23. The summed E-state index contributed by atoms with van der Waals surface area (Å²) in [7, 11) is 1.87. The van der Waals surface area contributed by atoms with Crippen molar-refractivity contribution in [1.82, 2.24) is 10.6 Å². The molecular formula is C8H14N2S. The van der Waals surface area contributed by atoms with E-state index in [2.05, 4.69) is 10.6 Å². The molecule has 0 aromatic rings. The summed E-state index contributed by atoms with van der Waals surface area (Å²) in [6.45, 7) is 0. The molecule has 2 atom stereocenters. The smallest absolute Gasteiger partial charge is 0.166 e. The molecule has 2 nitrogen and oxygen atoms in total. The van der Waals surface area contributed by atoms with E-state index in [1.54, 1.807) is 0 Å². The van der Waals surface area contributed by atoms with Crippen LogP contribution in [0.25, 0.3) is 0 Å². The van der Waals surface area contributed by atoms with Gasteiger partial charge in [0.05, 0.1) is 0 Å². The van der Waals surface area contributed by atoms with E-state index in [1.165, 1.54) is 25.7 Å². The number of hydrogen-bond donors (Lipinski definition) is 2. The minimum absolute atomic E-state index is 0.431. The molecule has 0 heterocycles. The minimum Gasteiger partial charge on any atom is -0.366 e. The number of thiocarbonyl (C=S) groups is 1. The summed E-state index contributed by atoms with van der Waals surface area (Å²) < 4.78 is 0. The van der Waals surface area contributed by atoms with Crippen LogP contribution in [0.5, 0.6) is 0 Å². The Morgan fingerprint density at radius 3 is 2.91 bits per heavy atom. The molecule has 2 fully saturated rings. The van der Waals surface area contributed by atoms with Crippen molar-refractivity contribution < 1.29 is 0 Å². The van der Waals surface area contributed by atoms with Gasteiger partial charge in [-0.1, -0.05) is 6.42 Å². The summed E-state index contributed by atoms with van der Waals surface area (Å²) in [6, 6.07) is 0. The first kappa shape index (κ1) is 7.35. The summed E-state index contributed by atoms with van der Waals surface area (Å²) >= 11 is 5.07. The van der Waals surface area contributed by atoms with Crippen LogP contribution in [0.4, 0.5) is 0 Å². The SMILES string of the molecule is CNC(=S)NC12CCCC1C2. The third-order valence-corrected chi connectivity index (χ3v) is 3.30. The molecule has 0 aliphatic heterocycles. The first-order chi connectivity index (χ1) is 5.27. The molecule has 0 aromatic carbocycles. The van der Waals surface area contributed by atoms with E-state index in [1.807, 2.05) is 7.05 Å². The second kappa shape index (κ2) is 2.34. The third kappa shape index (κ3) is 1.11. The number of fused-ring (bicyclic) bond motifs is 1. The van der Waals surface area contributed by atoms with E-state index in [-0.39, 0.29) is 0 Å². The van der Waals surface area contributed by atoms with E-state index in [4.69, 9.17) is 12.2 Å². The van der Waals surface area contributed by atoms with Crippen LogP contribution >= 0.6 is 12.2 Å². The molecule has 0 radical (unpaired) electrons. The topological polar surface area (TPSA) is 24.1 Å².